The van der Waals surface area contributed by atoms with Gasteiger partial charge in [-0.15, -0.1) is 0 Å². The largest absolute Gasteiger partial charge is 0.396 e. The van der Waals surface area contributed by atoms with Crippen molar-refractivity contribution in [3.05, 3.63) is 55.5 Å². The first-order valence-electron chi connectivity index (χ1n) is 6.62. The second-order valence-corrected chi connectivity index (χ2v) is 5.09. The molecule has 0 aliphatic rings. The smallest absolute Gasteiger partial charge is 0.224 e. The fourth-order valence-corrected chi connectivity index (χ4v) is 2.42. The average molecular weight is 316 g/mol. The summed E-state index contributed by atoms with van der Waals surface area (Å²) in [7, 11) is 7.46. The highest BCUT2D eigenvalue weighted by atomic mass is 35.5. The van der Waals surface area contributed by atoms with E-state index in [2.05, 4.69) is 29.0 Å². The third-order valence-electron chi connectivity index (χ3n) is 3.23. The van der Waals surface area contributed by atoms with Gasteiger partial charge < -0.3 is 10.0 Å². The van der Waals surface area contributed by atoms with Crippen LogP contribution in [-0.4, -0.2) is 31.2 Å². The van der Waals surface area contributed by atoms with Crippen molar-refractivity contribution in [3.63, 3.8) is 0 Å². The maximum absolute atomic E-state index is 9.29. The van der Waals surface area contributed by atoms with Crippen LogP contribution in [0, 0.1) is 14.1 Å². The monoisotopic (exact) mass is 315 g/mol. The SMILES string of the molecule is [CH2]N([CH2])c1cccc(-n2c(CCO)cc3cnc(Cl)nc32)n1. The fourth-order valence-electron chi connectivity index (χ4n) is 2.29. The lowest BCUT2D eigenvalue weighted by atomic mass is 10.3. The van der Waals surface area contributed by atoms with E-state index in [1.165, 1.54) is 4.90 Å². The third-order valence-corrected chi connectivity index (χ3v) is 3.41. The van der Waals surface area contributed by atoms with Gasteiger partial charge in [-0.1, -0.05) is 6.07 Å². The first-order valence-corrected chi connectivity index (χ1v) is 7.00. The van der Waals surface area contributed by atoms with Gasteiger partial charge in [0, 0.05) is 44.4 Å². The van der Waals surface area contributed by atoms with Gasteiger partial charge in [-0.2, -0.15) is 4.98 Å². The number of anilines is 1. The van der Waals surface area contributed by atoms with Gasteiger partial charge in [0.1, 0.15) is 11.6 Å². The summed E-state index contributed by atoms with van der Waals surface area (Å²) in [5.41, 5.74) is 1.52. The van der Waals surface area contributed by atoms with Crippen LogP contribution in [0.15, 0.2) is 30.5 Å². The molecule has 2 radical (unpaired) electrons. The van der Waals surface area contributed by atoms with Crippen molar-refractivity contribution in [2.24, 2.45) is 0 Å². The summed E-state index contributed by atoms with van der Waals surface area (Å²) < 4.78 is 1.85. The van der Waals surface area contributed by atoms with Crippen molar-refractivity contribution in [1.29, 1.82) is 0 Å². The number of pyridine rings is 1. The second kappa shape index (κ2) is 5.90. The Balaban J connectivity index is 2.25. The Morgan fingerprint density at radius 3 is 2.82 bits per heavy atom. The predicted molar refractivity (Wildman–Crippen MR) is 85.7 cm³/mol. The number of aliphatic hydroxyl groups is 1. The minimum atomic E-state index is 0.0218. The van der Waals surface area contributed by atoms with E-state index >= 15 is 0 Å². The van der Waals surface area contributed by atoms with Gasteiger partial charge in [-0.05, 0) is 29.8 Å². The van der Waals surface area contributed by atoms with Crippen LogP contribution in [0.4, 0.5) is 5.82 Å². The van der Waals surface area contributed by atoms with E-state index in [0.29, 0.717) is 23.7 Å². The molecular formula is C15H14ClN5O. The molecule has 0 spiro atoms. The number of aliphatic hydroxyl groups excluding tert-OH is 1. The predicted octanol–water partition coefficient (Wildman–Crippen LogP) is 2.39. The molecule has 3 aromatic rings. The van der Waals surface area contributed by atoms with E-state index in [0.717, 1.165) is 11.1 Å². The third kappa shape index (κ3) is 2.63. The van der Waals surface area contributed by atoms with E-state index in [9.17, 15) is 5.11 Å². The van der Waals surface area contributed by atoms with Crippen LogP contribution < -0.4 is 4.90 Å². The van der Waals surface area contributed by atoms with Gasteiger partial charge in [-0.3, -0.25) is 4.57 Å². The quantitative estimate of drug-likeness (QED) is 0.749. The van der Waals surface area contributed by atoms with E-state index in [1.807, 2.05) is 28.8 Å². The van der Waals surface area contributed by atoms with Crippen molar-refractivity contribution in [1.82, 2.24) is 19.5 Å². The van der Waals surface area contributed by atoms with Crippen molar-refractivity contribution in [2.45, 2.75) is 6.42 Å². The van der Waals surface area contributed by atoms with Crippen molar-refractivity contribution < 1.29 is 5.11 Å². The molecule has 22 heavy (non-hydrogen) atoms. The molecule has 0 bridgehead atoms. The molecule has 112 valence electrons. The summed E-state index contributed by atoms with van der Waals surface area (Å²) in [6.45, 7) is 0.0218. The molecule has 0 atom stereocenters. The Labute approximate surface area is 133 Å². The van der Waals surface area contributed by atoms with Crippen molar-refractivity contribution in [2.75, 3.05) is 11.5 Å². The Morgan fingerprint density at radius 1 is 1.27 bits per heavy atom. The molecule has 0 unspecified atom stereocenters. The standard InChI is InChI=1S/C15H14ClN5O/c1-20(2)12-4-3-5-13(18-12)21-11(6-7-22)8-10-9-17-15(16)19-14(10)21/h3-5,8-9,22H,1-2,6-7H2. The zero-order valence-electron chi connectivity index (χ0n) is 11.8. The molecule has 7 heteroatoms. The molecule has 3 aromatic heterocycles. The number of fused-ring (bicyclic) bond motifs is 1. The van der Waals surface area contributed by atoms with Gasteiger partial charge in [0.15, 0.2) is 5.65 Å². The highest BCUT2D eigenvalue weighted by Gasteiger charge is 2.14. The number of halogens is 1. The average Bonchev–Trinajstić information content (AvgIpc) is 2.85. The molecule has 0 aliphatic heterocycles. The second-order valence-electron chi connectivity index (χ2n) is 4.76. The number of hydrogen-bond acceptors (Lipinski definition) is 5. The van der Waals surface area contributed by atoms with E-state index in [1.54, 1.807) is 6.20 Å². The highest BCUT2D eigenvalue weighted by molar-refractivity contribution is 6.28. The molecule has 0 amide bonds. The summed E-state index contributed by atoms with van der Waals surface area (Å²) in [6.07, 6.45) is 2.12. The summed E-state index contributed by atoms with van der Waals surface area (Å²) in [4.78, 5) is 14.2. The molecule has 0 aromatic carbocycles. The zero-order chi connectivity index (χ0) is 15.7. The van der Waals surface area contributed by atoms with Crippen LogP contribution >= 0.6 is 11.6 Å². The van der Waals surface area contributed by atoms with E-state index in [-0.39, 0.29) is 11.9 Å². The van der Waals surface area contributed by atoms with Crippen molar-refractivity contribution >= 4 is 28.5 Å². The van der Waals surface area contributed by atoms with E-state index in [4.69, 9.17) is 11.6 Å². The lowest BCUT2D eigenvalue weighted by molar-refractivity contribution is 0.297. The fraction of sp³-hybridized carbons (Fsp3) is 0.133. The van der Waals surface area contributed by atoms with Crippen LogP contribution in [0.2, 0.25) is 5.28 Å². The maximum atomic E-state index is 9.29. The van der Waals surface area contributed by atoms with Crippen LogP contribution in [-0.2, 0) is 6.42 Å². The van der Waals surface area contributed by atoms with Gasteiger partial charge in [0.05, 0.1) is 0 Å². The minimum absolute atomic E-state index is 0.0218. The first kappa shape index (κ1) is 14.7. The minimum Gasteiger partial charge on any atom is -0.396 e. The Morgan fingerprint density at radius 2 is 2.09 bits per heavy atom. The number of hydrogen-bond donors (Lipinski definition) is 1. The summed E-state index contributed by atoms with van der Waals surface area (Å²) in [6, 6.07) is 7.44. The lowest BCUT2D eigenvalue weighted by Crippen LogP contribution is -2.09. The Kier molecular flexibility index (Phi) is 3.96. The topological polar surface area (TPSA) is 67.1 Å². The molecule has 0 aliphatic carbocycles. The number of nitrogens with zero attached hydrogens (tertiary/aromatic N) is 5. The molecule has 0 saturated heterocycles. The van der Waals surface area contributed by atoms with Crippen LogP contribution in [0.1, 0.15) is 5.69 Å². The van der Waals surface area contributed by atoms with Crippen molar-refractivity contribution in [3.8, 4) is 5.82 Å². The maximum Gasteiger partial charge on any atom is 0.224 e. The highest BCUT2D eigenvalue weighted by Crippen LogP contribution is 2.24. The van der Waals surface area contributed by atoms with Crippen LogP contribution in [0.5, 0.6) is 0 Å². The Bertz CT molecular complexity index is 815. The normalized spacial score (nSPS) is 11.1. The number of rotatable bonds is 4. The summed E-state index contributed by atoms with van der Waals surface area (Å²) >= 11 is 5.91. The van der Waals surface area contributed by atoms with Gasteiger partial charge >= 0.3 is 0 Å². The molecular weight excluding hydrogens is 302 g/mol. The van der Waals surface area contributed by atoms with Gasteiger partial charge in [0.25, 0.3) is 0 Å². The Hall–Kier alpha value is -2.18. The molecule has 6 nitrogen and oxygen atoms in total. The lowest BCUT2D eigenvalue weighted by Gasteiger charge is -2.14. The van der Waals surface area contributed by atoms with Gasteiger partial charge in [0.2, 0.25) is 5.28 Å². The summed E-state index contributed by atoms with van der Waals surface area (Å²) in [5.74, 6) is 1.28. The molecule has 0 fully saturated rings. The van der Waals surface area contributed by atoms with E-state index < -0.39 is 0 Å². The van der Waals surface area contributed by atoms with Crippen LogP contribution in [0.3, 0.4) is 0 Å². The first-order chi connectivity index (χ1) is 10.6. The van der Waals surface area contributed by atoms with Gasteiger partial charge in [-0.25, -0.2) is 9.97 Å². The summed E-state index contributed by atoms with van der Waals surface area (Å²) in [5, 5.41) is 10.3. The molecule has 3 rings (SSSR count). The zero-order valence-corrected chi connectivity index (χ0v) is 12.5. The van der Waals surface area contributed by atoms with Crippen LogP contribution in [0.25, 0.3) is 16.9 Å². The molecule has 0 saturated carbocycles. The number of aromatic nitrogens is 4. The molecule has 3 heterocycles. The molecule has 1 N–H and O–H groups in total.